The number of benzene rings is 1. The van der Waals surface area contributed by atoms with Gasteiger partial charge in [0, 0.05) is 18.8 Å². The van der Waals surface area contributed by atoms with E-state index < -0.39 is 6.10 Å². The Kier molecular flexibility index (Phi) is 5.26. The molecule has 4 heteroatoms. The number of anilines is 1. The smallest absolute Gasteiger partial charge is 0.119 e. The average Bonchev–Trinajstić information content (AvgIpc) is 2.87. The molecule has 1 aliphatic rings. The van der Waals surface area contributed by atoms with Crippen LogP contribution in [0.15, 0.2) is 24.3 Å². The van der Waals surface area contributed by atoms with Crippen molar-refractivity contribution in [2.24, 2.45) is 11.8 Å². The molecule has 0 saturated carbocycles. The van der Waals surface area contributed by atoms with E-state index in [1.165, 1.54) is 6.42 Å². The van der Waals surface area contributed by atoms with Crippen molar-refractivity contribution in [1.29, 1.82) is 0 Å². The second-order valence-electron chi connectivity index (χ2n) is 6.09. The lowest BCUT2D eigenvalue weighted by Gasteiger charge is -2.21. The maximum absolute atomic E-state index is 10.1. The van der Waals surface area contributed by atoms with E-state index in [1.54, 1.807) is 12.1 Å². The summed E-state index contributed by atoms with van der Waals surface area (Å²) in [5, 5.41) is 10.1. The van der Waals surface area contributed by atoms with Crippen molar-refractivity contribution in [2.75, 3.05) is 32.0 Å². The van der Waals surface area contributed by atoms with Gasteiger partial charge in [-0.05, 0) is 49.1 Å². The summed E-state index contributed by atoms with van der Waals surface area (Å²) in [5.41, 5.74) is 6.33. The Morgan fingerprint density at radius 1 is 1.35 bits per heavy atom. The maximum Gasteiger partial charge on any atom is 0.119 e. The second-order valence-corrected chi connectivity index (χ2v) is 6.09. The van der Waals surface area contributed by atoms with Crippen LogP contribution in [0, 0.1) is 11.8 Å². The van der Waals surface area contributed by atoms with Gasteiger partial charge < -0.3 is 20.5 Å². The first-order valence-electron chi connectivity index (χ1n) is 7.43. The van der Waals surface area contributed by atoms with Gasteiger partial charge in [0.25, 0.3) is 0 Å². The molecule has 112 valence electrons. The highest BCUT2D eigenvalue weighted by atomic mass is 16.5. The number of likely N-dealkylation sites (tertiary alicyclic amines) is 1. The molecule has 1 aromatic rings. The molecule has 4 nitrogen and oxygen atoms in total. The number of ether oxygens (including phenoxy) is 1. The Bertz CT molecular complexity index is 405. The first-order chi connectivity index (χ1) is 9.54. The van der Waals surface area contributed by atoms with Crippen LogP contribution in [-0.2, 0) is 0 Å². The minimum absolute atomic E-state index is 0.326. The van der Waals surface area contributed by atoms with Gasteiger partial charge in [0.15, 0.2) is 0 Å². The van der Waals surface area contributed by atoms with E-state index in [4.69, 9.17) is 10.5 Å². The van der Waals surface area contributed by atoms with Gasteiger partial charge in [0.2, 0.25) is 0 Å². The third-order valence-corrected chi connectivity index (χ3v) is 4.04. The van der Waals surface area contributed by atoms with E-state index in [-0.39, 0.29) is 0 Å². The molecule has 2 rings (SSSR count). The number of nitrogens with zero attached hydrogens (tertiary/aromatic N) is 1. The van der Waals surface area contributed by atoms with E-state index in [0.717, 1.165) is 36.4 Å². The minimum atomic E-state index is -0.446. The number of nitrogen functional groups attached to an aromatic ring is 1. The number of aliphatic hydroxyl groups is 1. The van der Waals surface area contributed by atoms with Gasteiger partial charge in [-0.15, -0.1) is 0 Å². The zero-order valence-corrected chi connectivity index (χ0v) is 12.5. The van der Waals surface area contributed by atoms with Gasteiger partial charge in [0.1, 0.15) is 18.5 Å². The maximum atomic E-state index is 10.1. The molecule has 1 aliphatic heterocycles. The summed E-state index contributed by atoms with van der Waals surface area (Å²) in [6, 6.07) is 7.25. The van der Waals surface area contributed by atoms with Crippen molar-refractivity contribution in [3.8, 4) is 5.75 Å². The fraction of sp³-hybridized carbons (Fsp3) is 0.625. The summed E-state index contributed by atoms with van der Waals surface area (Å²) in [5.74, 6) is 2.24. The van der Waals surface area contributed by atoms with E-state index in [0.29, 0.717) is 13.2 Å². The largest absolute Gasteiger partial charge is 0.491 e. The van der Waals surface area contributed by atoms with Crippen LogP contribution < -0.4 is 10.5 Å². The molecule has 3 N–H and O–H groups in total. The minimum Gasteiger partial charge on any atom is -0.491 e. The molecule has 0 bridgehead atoms. The van der Waals surface area contributed by atoms with E-state index in [9.17, 15) is 5.11 Å². The highest BCUT2D eigenvalue weighted by Gasteiger charge is 2.26. The summed E-state index contributed by atoms with van der Waals surface area (Å²) < 4.78 is 5.58. The number of nitrogens with two attached hydrogens (primary N) is 1. The number of aliphatic hydroxyl groups excluding tert-OH is 1. The van der Waals surface area contributed by atoms with Crippen LogP contribution in [0.4, 0.5) is 5.69 Å². The lowest BCUT2D eigenvalue weighted by molar-refractivity contribution is 0.0740. The fourth-order valence-corrected chi connectivity index (χ4v) is 2.68. The van der Waals surface area contributed by atoms with Gasteiger partial charge in [-0.25, -0.2) is 0 Å². The molecule has 0 spiro atoms. The third kappa shape index (κ3) is 4.39. The predicted molar refractivity (Wildman–Crippen MR) is 81.7 cm³/mol. The number of hydrogen-bond acceptors (Lipinski definition) is 4. The topological polar surface area (TPSA) is 58.7 Å². The molecule has 1 fully saturated rings. The Labute approximate surface area is 121 Å². The number of rotatable bonds is 6. The molecule has 0 aromatic heterocycles. The van der Waals surface area contributed by atoms with Gasteiger partial charge in [0.05, 0.1) is 0 Å². The summed E-state index contributed by atoms with van der Waals surface area (Å²) in [4.78, 5) is 2.33. The SMILES string of the molecule is CC(C)C1CCN(CC(O)COc2ccc(N)cc2)C1. The highest BCUT2D eigenvalue weighted by Crippen LogP contribution is 2.23. The lowest BCUT2D eigenvalue weighted by atomic mass is 9.95. The van der Waals surface area contributed by atoms with Crippen molar-refractivity contribution >= 4 is 5.69 Å². The van der Waals surface area contributed by atoms with Gasteiger partial charge in [-0.1, -0.05) is 13.8 Å². The van der Waals surface area contributed by atoms with Crippen LogP contribution in [0.2, 0.25) is 0 Å². The Balaban J connectivity index is 1.70. The van der Waals surface area contributed by atoms with Crippen molar-refractivity contribution in [3.05, 3.63) is 24.3 Å². The highest BCUT2D eigenvalue weighted by molar-refractivity contribution is 5.41. The van der Waals surface area contributed by atoms with E-state index in [2.05, 4.69) is 18.7 Å². The average molecular weight is 278 g/mol. The molecule has 1 heterocycles. The quantitative estimate of drug-likeness (QED) is 0.781. The fourth-order valence-electron chi connectivity index (χ4n) is 2.68. The van der Waals surface area contributed by atoms with Crippen LogP contribution in [0.5, 0.6) is 5.75 Å². The Morgan fingerprint density at radius 2 is 2.05 bits per heavy atom. The molecule has 1 aromatic carbocycles. The molecule has 0 aliphatic carbocycles. The van der Waals surface area contributed by atoms with Crippen molar-refractivity contribution in [1.82, 2.24) is 4.90 Å². The van der Waals surface area contributed by atoms with E-state index in [1.807, 2.05) is 12.1 Å². The van der Waals surface area contributed by atoms with Crippen LogP contribution >= 0.6 is 0 Å². The molecule has 0 amide bonds. The molecule has 20 heavy (non-hydrogen) atoms. The van der Waals surface area contributed by atoms with Crippen LogP contribution in [0.25, 0.3) is 0 Å². The second kappa shape index (κ2) is 6.95. The first kappa shape index (κ1) is 15.1. The van der Waals surface area contributed by atoms with Gasteiger partial charge in [-0.3, -0.25) is 0 Å². The molecular weight excluding hydrogens is 252 g/mol. The van der Waals surface area contributed by atoms with Gasteiger partial charge in [-0.2, -0.15) is 0 Å². The van der Waals surface area contributed by atoms with Crippen molar-refractivity contribution < 1.29 is 9.84 Å². The zero-order chi connectivity index (χ0) is 14.5. The number of hydrogen-bond donors (Lipinski definition) is 2. The Morgan fingerprint density at radius 3 is 2.65 bits per heavy atom. The molecule has 2 unspecified atom stereocenters. The summed E-state index contributed by atoms with van der Waals surface area (Å²) in [7, 11) is 0. The predicted octanol–water partition coefficient (Wildman–Crippen LogP) is 1.99. The van der Waals surface area contributed by atoms with Crippen molar-refractivity contribution in [2.45, 2.75) is 26.4 Å². The molecule has 2 atom stereocenters. The van der Waals surface area contributed by atoms with Crippen LogP contribution in [0.3, 0.4) is 0 Å². The normalized spacial score (nSPS) is 21.3. The summed E-state index contributed by atoms with van der Waals surface area (Å²) in [6.45, 7) is 7.74. The Hall–Kier alpha value is -1.26. The van der Waals surface area contributed by atoms with Crippen molar-refractivity contribution in [3.63, 3.8) is 0 Å². The third-order valence-electron chi connectivity index (χ3n) is 4.04. The standard InChI is InChI=1S/C16H26N2O2/c1-12(2)13-7-8-18(9-13)10-15(19)11-20-16-5-3-14(17)4-6-16/h3-6,12-13,15,19H,7-11,17H2,1-2H3. The number of β-amino-alcohol motifs (C(OH)–C–C–N with tert-alkyl or cyclic N) is 1. The summed E-state index contributed by atoms with van der Waals surface area (Å²) in [6.07, 6.45) is 0.793. The monoisotopic (exact) mass is 278 g/mol. The first-order valence-corrected chi connectivity index (χ1v) is 7.43. The summed E-state index contributed by atoms with van der Waals surface area (Å²) >= 11 is 0. The zero-order valence-electron chi connectivity index (χ0n) is 12.5. The molecule has 0 radical (unpaired) electrons. The molecular formula is C16H26N2O2. The van der Waals surface area contributed by atoms with Gasteiger partial charge >= 0.3 is 0 Å². The molecule has 1 saturated heterocycles. The van der Waals surface area contributed by atoms with Crippen LogP contribution in [0.1, 0.15) is 20.3 Å². The lowest BCUT2D eigenvalue weighted by Crippen LogP contribution is -2.34. The van der Waals surface area contributed by atoms with Crippen LogP contribution in [-0.4, -0.2) is 42.4 Å². The van der Waals surface area contributed by atoms with E-state index >= 15 is 0 Å².